The molecule has 0 bridgehead atoms. The molecule has 0 amide bonds. The Balaban J connectivity index is 2.17. The van der Waals surface area contributed by atoms with Crippen LogP contribution in [0.4, 0.5) is 4.39 Å². The van der Waals surface area contributed by atoms with Crippen molar-refractivity contribution in [2.75, 3.05) is 13.1 Å². The Morgan fingerprint density at radius 3 is 2.74 bits per heavy atom. The fraction of sp³-hybridized carbons (Fsp3) is 0.533. The summed E-state index contributed by atoms with van der Waals surface area (Å²) in [4.78, 5) is 13.5. The molecule has 1 heterocycles. The molecule has 2 unspecified atom stereocenters. The second-order valence-corrected chi connectivity index (χ2v) is 5.36. The number of carboxylic acids is 1. The van der Waals surface area contributed by atoms with Crippen LogP contribution in [0, 0.1) is 11.2 Å². The number of aliphatic carboxylic acids is 1. The van der Waals surface area contributed by atoms with Crippen LogP contribution < -0.4 is 0 Å². The summed E-state index contributed by atoms with van der Waals surface area (Å²) in [6, 6.07) is 6.62. The van der Waals surface area contributed by atoms with Gasteiger partial charge in [-0.1, -0.05) is 25.1 Å². The Hall–Kier alpha value is -1.42. The topological polar surface area (TPSA) is 40.5 Å². The van der Waals surface area contributed by atoms with Crippen molar-refractivity contribution in [1.82, 2.24) is 4.90 Å². The van der Waals surface area contributed by atoms with Crippen molar-refractivity contribution in [1.29, 1.82) is 0 Å². The summed E-state index contributed by atoms with van der Waals surface area (Å²) in [6.45, 7) is 5.04. The normalized spacial score (nSPS) is 25.4. The maximum Gasteiger partial charge on any atom is 0.310 e. The molecule has 1 aliphatic rings. The van der Waals surface area contributed by atoms with E-state index in [2.05, 4.69) is 4.90 Å². The summed E-state index contributed by atoms with van der Waals surface area (Å²) >= 11 is 0. The molecule has 0 aliphatic carbocycles. The number of hydrogen-bond donors (Lipinski definition) is 1. The quantitative estimate of drug-likeness (QED) is 0.909. The number of likely N-dealkylation sites (tertiary alicyclic amines) is 1. The number of hydrogen-bond acceptors (Lipinski definition) is 2. The van der Waals surface area contributed by atoms with Gasteiger partial charge in [-0.2, -0.15) is 0 Å². The molecule has 1 saturated heterocycles. The van der Waals surface area contributed by atoms with E-state index in [1.807, 2.05) is 19.9 Å². The monoisotopic (exact) mass is 265 g/mol. The van der Waals surface area contributed by atoms with Gasteiger partial charge in [-0.05, 0) is 32.4 Å². The van der Waals surface area contributed by atoms with Crippen LogP contribution in [-0.4, -0.2) is 29.1 Å². The lowest BCUT2D eigenvalue weighted by atomic mass is 9.84. The molecule has 1 aromatic carbocycles. The molecule has 104 valence electrons. The van der Waals surface area contributed by atoms with Crippen molar-refractivity contribution >= 4 is 5.97 Å². The molecule has 2 atom stereocenters. The van der Waals surface area contributed by atoms with Crippen molar-refractivity contribution in [2.45, 2.75) is 32.7 Å². The molecule has 4 heteroatoms. The highest BCUT2D eigenvalue weighted by molar-refractivity contribution is 5.75. The molecule has 0 radical (unpaired) electrons. The molecule has 1 aromatic rings. The van der Waals surface area contributed by atoms with Crippen molar-refractivity contribution in [3.05, 3.63) is 35.6 Å². The second kappa shape index (κ2) is 5.29. The lowest BCUT2D eigenvalue weighted by Gasteiger charge is -2.27. The van der Waals surface area contributed by atoms with Gasteiger partial charge in [0.2, 0.25) is 0 Å². The number of halogens is 1. The zero-order valence-electron chi connectivity index (χ0n) is 11.4. The molecule has 19 heavy (non-hydrogen) atoms. The van der Waals surface area contributed by atoms with Crippen molar-refractivity contribution in [3.8, 4) is 0 Å². The van der Waals surface area contributed by atoms with Crippen molar-refractivity contribution < 1.29 is 14.3 Å². The van der Waals surface area contributed by atoms with Crippen LogP contribution >= 0.6 is 0 Å². The van der Waals surface area contributed by atoms with Gasteiger partial charge in [0, 0.05) is 18.2 Å². The third kappa shape index (κ3) is 2.50. The number of benzene rings is 1. The predicted molar refractivity (Wildman–Crippen MR) is 71.4 cm³/mol. The zero-order chi connectivity index (χ0) is 14.0. The highest BCUT2D eigenvalue weighted by atomic mass is 19.1. The van der Waals surface area contributed by atoms with E-state index in [9.17, 15) is 14.3 Å². The van der Waals surface area contributed by atoms with Crippen LogP contribution in [0.5, 0.6) is 0 Å². The summed E-state index contributed by atoms with van der Waals surface area (Å²) in [5.41, 5.74) is -0.0285. The number of rotatable bonds is 4. The van der Waals surface area contributed by atoms with Gasteiger partial charge >= 0.3 is 5.97 Å². The Labute approximate surface area is 113 Å². The number of carboxylic acid groups (broad SMARTS) is 1. The van der Waals surface area contributed by atoms with E-state index in [0.29, 0.717) is 31.5 Å². The van der Waals surface area contributed by atoms with E-state index in [1.165, 1.54) is 6.07 Å². The van der Waals surface area contributed by atoms with Gasteiger partial charge in [0.1, 0.15) is 5.82 Å². The second-order valence-electron chi connectivity index (χ2n) is 5.36. The maximum atomic E-state index is 13.8. The Morgan fingerprint density at radius 1 is 1.53 bits per heavy atom. The first-order chi connectivity index (χ1) is 9.00. The first kappa shape index (κ1) is 14.0. The zero-order valence-corrected chi connectivity index (χ0v) is 11.4. The molecule has 1 aliphatic heterocycles. The molecular formula is C15H20FNO2. The van der Waals surface area contributed by atoms with Gasteiger partial charge in [0.15, 0.2) is 0 Å². The van der Waals surface area contributed by atoms with Crippen molar-refractivity contribution in [3.63, 3.8) is 0 Å². The van der Waals surface area contributed by atoms with Crippen LogP contribution in [0.15, 0.2) is 24.3 Å². The standard InChI is InChI=1S/C15H20FNO2/c1-3-15(14(18)19)8-9-17(10-15)11(2)12-6-4-5-7-13(12)16/h4-7,11H,3,8-10H2,1-2H3,(H,18,19). The van der Waals surface area contributed by atoms with E-state index in [-0.39, 0.29) is 11.9 Å². The number of nitrogens with zero attached hydrogens (tertiary/aromatic N) is 1. The Kier molecular flexibility index (Phi) is 3.90. The number of carbonyl (C=O) groups is 1. The first-order valence-electron chi connectivity index (χ1n) is 6.72. The average molecular weight is 265 g/mol. The fourth-order valence-electron chi connectivity index (χ4n) is 2.86. The largest absolute Gasteiger partial charge is 0.481 e. The van der Waals surface area contributed by atoms with Gasteiger partial charge in [-0.25, -0.2) is 4.39 Å². The van der Waals surface area contributed by atoms with Gasteiger partial charge in [0.05, 0.1) is 5.41 Å². The van der Waals surface area contributed by atoms with Gasteiger partial charge < -0.3 is 5.11 Å². The molecule has 0 aromatic heterocycles. The Morgan fingerprint density at radius 2 is 2.21 bits per heavy atom. The molecule has 1 N–H and O–H groups in total. The van der Waals surface area contributed by atoms with Crippen LogP contribution in [0.3, 0.4) is 0 Å². The van der Waals surface area contributed by atoms with Gasteiger partial charge in [0.25, 0.3) is 0 Å². The summed E-state index contributed by atoms with van der Waals surface area (Å²) in [5.74, 6) is -0.961. The average Bonchev–Trinajstić information content (AvgIpc) is 2.84. The van der Waals surface area contributed by atoms with E-state index in [1.54, 1.807) is 12.1 Å². The molecule has 3 nitrogen and oxygen atoms in total. The summed E-state index contributed by atoms with van der Waals surface area (Å²) in [6.07, 6.45) is 1.25. The Bertz CT molecular complexity index is 477. The maximum absolute atomic E-state index is 13.8. The van der Waals surface area contributed by atoms with E-state index in [0.717, 1.165) is 0 Å². The first-order valence-corrected chi connectivity index (χ1v) is 6.72. The SMILES string of the molecule is CCC1(C(=O)O)CCN(C(C)c2ccccc2F)C1. The summed E-state index contributed by atoms with van der Waals surface area (Å²) in [5, 5.41) is 9.39. The fourth-order valence-corrected chi connectivity index (χ4v) is 2.86. The molecular weight excluding hydrogens is 245 g/mol. The summed E-state index contributed by atoms with van der Waals surface area (Å²) < 4.78 is 13.8. The molecule has 2 rings (SSSR count). The van der Waals surface area contributed by atoms with Crippen LogP contribution in [0.25, 0.3) is 0 Å². The molecule has 0 spiro atoms. The van der Waals surface area contributed by atoms with E-state index >= 15 is 0 Å². The third-order valence-corrected chi connectivity index (χ3v) is 4.42. The van der Waals surface area contributed by atoms with Gasteiger partial charge in [-0.15, -0.1) is 0 Å². The summed E-state index contributed by atoms with van der Waals surface area (Å²) in [7, 11) is 0. The minimum absolute atomic E-state index is 0.0889. The highest BCUT2D eigenvalue weighted by Gasteiger charge is 2.44. The van der Waals surface area contributed by atoms with Crippen LogP contribution in [0.2, 0.25) is 0 Å². The molecule has 1 fully saturated rings. The predicted octanol–water partition coefficient (Wildman–Crippen LogP) is 3.07. The lowest BCUT2D eigenvalue weighted by molar-refractivity contribution is -0.148. The molecule has 0 saturated carbocycles. The van der Waals surface area contributed by atoms with Crippen LogP contribution in [0.1, 0.15) is 38.3 Å². The van der Waals surface area contributed by atoms with E-state index < -0.39 is 11.4 Å². The lowest BCUT2D eigenvalue weighted by Crippen LogP contribution is -2.35. The minimum atomic E-state index is -0.738. The highest BCUT2D eigenvalue weighted by Crippen LogP contribution is 2.38. The smallest absolute Gasteiger partial charge is 0.310 e. The van der Waals surface area contributed by atoms with Crippen molar-refractivity contribution in [2.24, 2.45) is 5.41 Å². The third-order valence-electron chi connectivity index (χ3n) is 4.42. The van der Waals surface area contributed by atoms with Crippen LogP contribution in [-0.2, 0) is 4.79 Å². The minimum Gasteiger partial charge on any atom is -0.481 e. The van der Waals surface area contributed by atoms with E-state index in [4.69, 9.17) is 0 Å². The van der Waals surface area contributed by atoms with Gasteiger partial charge in [-0.3, -0.25) is 9.69 Å².